The highest BCUT2D eigenvalue weighted by Crippen LogP contribution is 2.43. The second-order valence-electron chi connectivity index (χ2n) is 20.6. The van der Waals surface area contributed by atoms with Crippen LogP contribution in [0, 0.1) is 0 Å². The number of esters is 2. The molecule has 10 heteroatoms. The minimum Gasteiger partial charge on any atom is -0.462 e. The van der Waals surface area contributed by atoms with Gasteiger partial charge in [0.25, 0.3) is 0 Å². The van der Waals surface area contributed by atoms with E-state index >= 15 is 0 Å². The number of carbonyl (C=O) groups is 2. The maximum absolute atomic E-state index is 12.7. The molecule has 0 aromatic carbocycles. The average Bonchev–Trinajstić information content (AvgIpc) is 3.37. The van der Waals surface area contributed by atoms with Crippen molar-refractivity contribution >= 4 is 19.8 Å². The van der Waals surface area contributed by atoms with E-state index in [1.807, 2.05) is 0 Å². The van der Waals surface area contributed by atoms with Crippen molar-refractivity contribution in [2.24, 2.45) is 5.73 Å². The molecule has 3 N–H and O–H groups in total. The second kappa shape index (κ2) is 58.2. The molecule has 0 amide bonds. The van der Waals surface area contributed by atoms with Crippen molar-refractivity contribution in [1.82, 2.24) is 0 Å². The van der Waals surface area contributed by atoms with E-state index in [0.29, 0.717) is 6.42 Å². The van der Waals surface area contributed by atoms with Crippen LogP contribution in [0.1, 0.15) is 303 Å². The quantitative estimate of drug-likeness (QED) is 0.0264. The highest BCUT2D eigenvalue weighted by Gasteiger charge is 2.26. The number of phosphoric ester groups is 1. The van der Waals surface area contributed by atoms with Crippen molar-refractivity contribution in [3.63, 3.8) is 0 Å². The fourth-order valence-corrected chi connectivity index (χ4v) is 9.75. The molecule has 0 rings (SSSR count). The molecule has 2 atom stereocenters. The number of nitrogens with two attached hydrogens (primary N) is 1. The Labute approximate surface area is 445 Å². The van der Waals surface area contributed by atoms with Gasteiger partial charge in [-0.2, -0.15) is 0 Å². The molecule has 0 spiro atoms. The number of phosphoric acid groups is 1. The van der Waals surface area contributed by atoms with Gasteiger partial charge in [-0.25, -0.2) is 4.57 Å². The van der Waals surface area contributed by atoms with Gasteiger partial charge >= 0.3 is 19.8 Å². The summed E-state index contributed by atoms with van der Waals surface area (Å²) < 4.78 is 33.0. The summed E-state index contributed by atoms with van der Waals surface area (Å²) >= 11 is 0. The Morgan fingerprint density at radius 3 is 1.14 bits per heavy atom. The monoisotopic (exact) mass is 1030 g/mol. The predicted molar refractivity (Wildman–Crippen MR) is 307 cm³/mol. The Balaban J connectivity index is 3.82. The summed E-state index contributed by atoms with van der Waals surface area (Å²) in [5.41, 5.74) is 5.38. The highest BCUT2D eigenvalue weighted by atomic mass is 31.2. The normalized spacial score (nSPS) is 13.3. The van der Waals surface area contributed by atoms with Crippen LogP contribution in [0.15, 0.2) is 48.6 Å². The van der Waals surface area contributed by atoms with E-state index in [9.17, 15) is 19.0 Å². The molecule has 422 valence electrons. The summed E-state index contributed by atoms with van der Waals surface area (Å²) in [4.78, 5) is 35.1. The predicted octanol–water partition coefficient (Wildman–Crippen LogP) is 19.4. The van der Waals surface area contributed by atoms with Gasteiger partial charge in [-0.05, 0) is 51.4 Å². The molecule has 0 radical (unpaired) electrons. The molecule has 0 aromatic heterocycles. The first kappa shape index (κ1) is 70.0. The lowest BCUT2D eigenvalue weighted by Gasteiger charge is -2.19. The summed E-state index contributed by atoms with van der Waals surface area (Å²) in [7, 11) is -4.39. The Kier molecular flexibility index (Phi) is 56.6. The van der Waals surface area contributed by atoms with Gasteiger partial charge in [0, 0.05) is 19.4 Å². The maximum Gasteiger partial charge on any atom is 0.472 e. The van der Waals surface area contributed by atoms with Gasteiger partial charge in [0.1, 0.15) is 6.61 Å². The Bertz CT molecular complexity index is 1320. The Morgan fingerprint density at radius 2 is 0.764 bits per heavy atom. The van der Waals surface area contributed by atoms with E-state index < -0.39 is 26.5 Å². The van der Waals surface area contributed by atoms with Crippen molar-refractivity contribution in [3.05, 3.63) is 48.6 Å². The Morgan fingerprint density at radius 1 is 0.431 bits per heavy atom. The number of hydrogen-bond acceptors (Lipinski definition) is 8. The minimum atomic E-state index is -4.39. The second-order valence-corrected chi connectivity index (χ2v) is 22.0. The van der Waals surface area contributed by atoms with E-state index in [-0.39, 0.29) is 38.6 Å². The van der Waals surface area contributed by atoms with Crippen LogP contribution in [0.4, 0.5) is 0 Å². The van der Waals surface area contributed by atoms with Crippen LogP contribution in [0.5, 0.6) is 0 Å². The first-order valence-electron chi connectivity index (χ1n) is 30.6. The molecule has 0 saturated carbocycles. The topological polar surface area (TPSA) is 134 Å². The number of rotatable bonds is 58. The standard InChI is InChI=1S/C62H116NO8P/c1-3-5-7-9-11-13-15-17-19-21-22-23-24-25-26-27-28-29-30-31-32-33-34-35-36-37-39-40-42-44-46-48-50-52-54-61(64)68-58-60(59-70-72(66,67)69-57-56-63)71-62(65)55-53-51-49-47-45-43-41-38-20-18-16-14-12-10-8-6-4-2/h6,8,12,14,18,20,41,43,60H,3-5,7,9-11,13,15-17,19,21-40,42,44-59,63H2,1-2H3,(H,66,67)/b8-6-,14-12-,20-18-,43-41-. The summed E-state index contributed by atoms with van der Waals surface area (Å²) in [5, 5.41) is 0. The summed E-state index contributed by atoms with van der Waals surface area (Å²) in [6, 6.07) is 0. The molecular weight excluding hydrogens is 918 g/mol. The first-order valence-corrected chi connectivity index (χ1v) is 32.1. The van der Waals surface area contributed by atoms with Gasteiger partial charge in [-0.15, -0.1) is 0 Å². The van der Waals surface area contributed by atoms with E-state index in [4.69, 9.17) is 24.3 Å². The number of hydrogen-bond donors (Lipinski definition) is 2. The highest BCUT2D eigenvalue weighted by molar-refractivity contribution is 7.47. The maximum atomic E-state index is 12.7. The molecule has 9 nitrogen and oxygen atoms in total. The van der Waals surface area contributed by atoms with Crippen LogP contribution in [0.3, 0.4) is 0 Å². The lowest BCUT2D eigenvalue weighted by Crippen LogP contribution is -2.29. The van der Waals surface area contributed by atoms with Crippen molar-refractivity contribution in [2.45, 2.75) is 309 Å². The Hall–Kier alpha value is -2.03. The largest absolute Gasteiger partial charge is 0.472 e. The van der Waals surface area contributed by atoms with Crippen molar-refractivity contribution in [1.29, 1.82) is 0 Å². The third-order valence-electron chi connectivity index (χ3n) is 13.5. The molecule has 0 aliphatic carbocycles. The fraction of sp³-hybridized carbons (Fsp3) is 0.839. The van der Waals surface area contributed by atoms with Crippen molar-refractivity contribution < 1.29 is 37.6 Å². The molecule has 0 aliphatic rings. The van der Waals surface area contributed by atoms with E-state index in [1.165, 1.54) is 199 Å². The van der Waals surface area contributed by atoms with E-state index in [2.05, 4.69) is 62.5 Å². The molecule has 0 heterocycles. The van der Waals surface area contributed by atoms with Gasteiger partial charge in [-0.1, -0.05) is 287 Å². The molecule has 0 saturated heterocycles. The lowest BCUT2D eigenvalue weighted by atomic mass is 10.0. The third-order valence-corrected chi connectivity index (χ3v) is 14.5. The summed E-state index contributed by atoms with van der Waals surface area (Å²) in [5.74, 6) is -0.845. The molecular formula is C62H116NO8P. The summed E-state index contributed by atoms with van der Waals surface area (Å²) in [6.07, 6.45) is 72.1. The zero-order chi connectivity index (χ0) is 52.4. The lowest BCUT2D eigenvalue weighted by molar-refractivity contribution is -0.161. The van der Waals surface area contributed by atoms with Crippen LogP contribution < -0.4 is 5.73 Å². The van der Waals surface area contributed by atoms with Gasteiger partial charge in [-0.3, -0.25) is 18.6 Å². The average molecular weight is 1030 g/mol. The number of ether oxygens (including phenoxy) is 2. The zero-order valence-electron chi connectivity index (χ0n) is 47.2. The smallest absolute Gasteiger partial charge is 0.462 e. The molecule has 0 fully saturated rings. The number of allylic oxidation sites excluding steroid dienone is 8. The molecule has 0 aliphatic heterocycles. The van der Waals surface area contributed by atoms with E-state index in [1.54, 1.807) is 0 Å². The van der Waals surface area contributed by atoms with Crippen LogP contribution in [0.2, 0.25) is 0 Å². The van der Waals surface area contributed by atoms with Gasteiger partial charge in [0.15, 0.2) is 6.10 Å². The molecule has 0 bridgehead atoms. The summed E-state index contributed by atoms with van der Waals surface area (Å²) in [6.45, 7) is 3.64. The molecule has 72 heavy (non-hydrogen) atoms. The van der Waals surface area contributed by atoms with Crippen LogP contribution >= 0.6 is 7.82 Å². The van der Waals surface area contributed by atoms with E-state index in [0.717, 1.165) is 70.6 Å². The number of unbranched alkanes of at least 4 members (excludes halogenated alkanes) is 37. The van der Waals surface area contributed by atoms with Crippen LogP contribution in [-0.2, 0) is 32.7 Å². The van der Waals surface area contributed by atoms with Crippen molar-refractivity contribution in [3.8, 4) is 0 Å². The van der Waals surface area contributed by atoms with Crippen LogP contribution in [0.25, 0.3) is 0 Å². The fourth-order valence-electron chi connectivity index (χ4n) is 8.98. The van der Waals surface area contributed by atoms with Gasteiger partial charge in [0.2, 0.25) is 0 Å². The van der Waals surface area contributed by atoms with Gasteiger partial charge < -0.3 is 20.1 Å². The first-order chi connectivity index (χ1) is 35.3. The molecule has 2 unspecified atom stereocenters. The zero-order valence-corrected chi connectivity index (χ0v) is 48.1. The minimum absolute atomic E-state index is 0.0488. The number of carbonyl (C=O) groups excluding carboxylic acids is 2. The third kappa shape index (κ3) is 57.3. The molecule has 0 aromatic rings. The van der Waals surface area contributed by atoms with Crippen molar-refractivity contribution in [2.75, 3.05) is 26.4 Å². The SMILES string of the molecule is CC/C=C\C/C=C\C/C=C\C/C=C\CCCCCCC(=O)OC(COC(=O)CCCCCCCCCCCCCCCCCCCCCCCCCCCCCCCCCCCC)COP(=O)(O)OCCN. The van der Waals surface area contributed by atoms with Gasteiger partial charge in [0.05, 0.1) is 13.2 Å². The van der Waals surface area contributed by atoms with Crippen LogP contribution in [-0.4, -0.2) is 49.3 Å².